The molecule has 3 heterocycles. The smallest absolute Gasteiger partial charge is 0.255 e. The third-order valence-electron chi connectivity index (χ3n) is 6.25. The fraction of sp³-hybridized carbons (Fsp3) is 0.650. The first-order chi connectivity index (χ1) is 12.6. The van der Waals surface area contributed by atoms with Gasteiger partial charge < -0.3 is 14.9 Å². The second kappa shape index (κ2) is 6.99. The minimum atomic E-state index is -0.454. The van der Waals surface area contributed by atoms with Crippen LogP contribution in [-0.4, -0.2) is 64.5 Å². The molecule has 3 aliphatic rings. The molecule has 0 saturated carbocycles. The highest BCUT2D eigenvalue weighted by Gasteiger charge is 2.49. The van der Waals surface area contributed by atoms with Crippen LogP contribution in [0, 0.1) is 5.41 Å². The number of likely N-dealkylation sites (tertiary alicyclic amines) is 2. The van der Waals surface area contributed by atoms with Crippen LogP contribution in [0.3, 0.4) is 0 Å². The molecule has 26 heavy (non-hydrogen) atoms. The number of aryl methyl sites for hydroxylation is 2. The lowest BCUT2D eigenvalue weighted by atomic mass is 9.78. The van der Waals surface area contributed by atoms with Crippen LogP contribution in [0.5, 0.6) is 0 Å². The molecular formula is C20H27N3O3. The summed E-state index contributed by atoms with van der Waals surface area (Å²) in [6.07, 6.45) is 8.54. The fourth-order valence-electron chi connectivity index (χ4n) is 4.80. The van der Waals surface area contributed by atoms with Crippen LogP contribution in [0.25, 0.3) is 0 Å². The van der Waals surface area contributed by atoms with E-state index in [1.807, 2.05) is 11.0 Å². The molecule has 2 saturated heterocycles. The number of carbonyl (C=O) groups excluding carboxylic acids is 2. The van der Waals surface area contributed by atoms with Crippen molar-refractivity contribution in [2.24, 2.45) is 5.41 Å². The van der Waals surface area contributed by atoms with E-state index in [2.05, 4.69) is 4.98 Å². The Morgan fingerprint density at radius 2 is 2.04 bits per heavy atom. The maximum Gasteiger partial charge on any atom is 0.255 e. The first kappa shape index (κ1) is 17.5. The number of rotatable bonds is 3. The quantitative estimate of drug-likeness (QED) is 0.888. The maximum atomic E-state index is 13.0. The van der Waals surface area contributed by atoms with Crippen LogP contribution >= 0.6 is 0 Å². The number of aliphatic hydroxyl groups is 1. The van der Waals surface area contributed by atoms with Gasteiger partial charge >= 0.3 is 0 Å². The average Bonchev–Trinajstić information content (AvgIpc) is 3.10. The van der Waals surface area contributed by atoms with Gasteiger partial charge in [0.2, 0.25) is 5.91 Å². The fourth-order valence-corrected chi connectivity index (χ4v) is 4.80. The normalized spacial score (nSPS) is 25.7. The molecule has 6 nitrogen and oxygen atoms in total. The summed E-state index contributed by atoms with van der Waals surface area (Å²) in [6.45, 7) is 2.21. The largest absolute Gasteiger partial charge is 0.395 e. The summed E-state index contributed by atoms with van der Waals surface area (Å²) >= 11 is 0. The highest BCUT2D eigenvalue weighted by Crippen LogP contribution is 2.40. The van der Waals surface area contributed by atoms with Gasteiger partial charge in [0.1, 0.15) is 0 Å². The van der Waals surface area contributed by atoms with Crippen molar-refractivity contribution in [2.75, 3.05) is 32.8 Å². The number of carbonyl (C=O) groups is 2. The zero-order chi connectivity index (χ0) is 18.1. The Labute approximate surface area is 154 Å². The lowest BCUT2D eigenvalue weighted by Crippen LogP contribution is -2.51. The first-order valence-electron chi connectivity index (χ1n) is 9.80. The molecule has 2 amide bonds. The van der Waals surface area contributed by atoms with Crippen LogP contribution in [0.4, 0.5) is 0 Å². The van der Waals surface area contributed by atoms with Gasteiger partial charge in [0.05, 0.1) is 17.6 Å². The van der Waals surface area contributed by atoms with E-state index in [0.717, 1.165) is 44.2 Å². The third kappa shape index (κ3) is 3.00. The number of aromatic nitrogens is 1. The van der Waals surface area contributed by atoms with E-state index in [-0.39, 0.29) is 18.4 Å². The molecular weight excluding hydrogens is 330 g/mol. The van der Waals surface area contributed by atoms with Gasteiger partial charge in [0.15, 0.2) is 0 Å². The standard InChI is InChI=1S/C20H27N3O3/c24-11-10-22-8-3-6-20(19(22)26)7-9-23(14-20)18(25)16-12-15-4-1-2-5-17(15)21-13-16/h12-13,24H,1-11,14H2/t20-/m0/s1. The van der Waals surface area contributed by atoms with Gasteiger partial charge in [-0.3, -0.25) is 14.6 Å². The van der Waals surface area contributed by atoms with Crippen molar-refractivity contribution in [3.05, 3.63) is 29.1 Å². The minimum absolute atomic E-state index is 0.00479. The van der Waals surface area contributed by atoms with Gasteiger partial charge in [-0.05, 0) is 56.6 Å². The lowest BCUT2D eigenvalue weighted by Gasteiger charge is -2.39. The number of piperidine rings is 1. The monoisotopic (exact) mass is 357 g/mol. The molecule has 1 aromatic heterocycles. The van der Waals surface area contributed by atoms with E-state index in [1.165, 1.54) is 12.0 Å². The van der Waals surface area contributed by atoms with Crippen molar-refractivity contribution in [1.29, 1.82) is 0 Å². The van der Waals surface area contributed by atoms with Gasteiger partial charge in [-0.15, -0.1) is 0 Å². The maximum absolute atomic E-state index is 13.0. The summed E-state index contributed by atoms with van der Waals surface area (Å²) in [6, 6.07) is 2.01. The van der Waals surface area contributed by atoms with Crippen LogP contribution in [0.2, 0.25) is 0 Å². The predicted molar refractivity (Wildman–Crippen MR) is 96.7 cm³/mol. The highest BCUT2D eigenvalue weighted by molar-refractivity contribution is 5.95. The number of fused-ring (bicyclic) bond motifs is 1. The predicted octanol–water partition coefficient (Wildman–Crippen LogP) is 1.41. The second-order valence-electron chi connectivity index (χ2n) is 7.91. The Morgan fingerprint density at radius 1 is 1.19 bits per heavy atom. The molecule has 0 aromatic carbocycles. The Balaban J connectivity index is 1.50. The van der Waals surface area contributed by atoms with Gasteiger partial charge in [-0.2, -0.15) is 0 Å². The molecule has 0 bridgehead atoms. The number of nitrogens with zero attached hydrogens (tertiary/aromatic N) is 3. The molecule has 1 aliphatic carbocycles. The van der Waals surface area contributed by atoms with E-state index in [9.17, 15) is 14.7 Å². The van der Waals surface area contributed by atoms with Crippen molar-refractivity contribution < 1.29 is 14.7 Å². The van der Waals surface area contributed by atoms with Crippen molar-refractivity contribution in [3.63, 3.8) is 0 Å². The molecule has 0 unspecified atom stereocenters. The van der Waals surface area contributed by atoms with Crippen LogP contribution in [0.1, 0.15) is 53.7 Å². The van der Waals surface area contributed by atoms with E-state index in [4.69, 9.17) is 0 Å². The Bertz CT molecular complexity index is 718. The summed E-state index contributed by atoms with van der Waals surface area (Å²) < 4.78 is 0. The number of hydrogen-bond donors (Lipinski definition) is 1. The summed E-state index contributed by atoms with van der Waals surface area (Å²) in [5, 5.41) is 9.19. The Morgan fingerprint density at radius 3 is 2.88 bits per heavy atom. The van der Waals surface area contributed by atoms with Crippen molar-refractivity contribution in [1.82, 2.24) is 14.8 Å². The van der Waals surface area contributed by atoms with E-state index in [0.29, 0.717) is 31.7 Å². The molecule has 6 heteroatoms. The van der Waals surface area contributed by atoms with E-state index in [1.54, 1.807) is 11.1 Å². The summed E-state index contributed by atoms with van der Waals surface area (Å²) in [5.41, 5.74) is 2.54. The third-order valence-corrected chi connectivity index (χ3v) is 6.25. The molecule has 140 valence electrons. The molecule has 1 N–H and O–H groups in total. The average molecular weight is 357 g/mol. The Kier molecular flexibility index (Phi) is 4.69. The lowest BCUT2D eigenvalue weighted by molar-refractivity contribution is -0.146. The van der Waals surface area contributed by atoms with Crippen LogP contribution in [0.15, 0.2) is 12.3 Å². The number of β-amino-alcohol motifs (C(OH)–C–C–N with tert-alkyl or cyclic N) is 1. The summed E-state index contributed by atoms with van der Waals surface area (Å²) in [7, 11) is 0. The molecule has 1 aromatic rings. The molecule has 1 spiro atoms. The molecule has 4 rings (SSSR count). The molecule has 2 aliphatic heterocycles. The topological polar surface area (TPSA) is 73.7 Å². The van der Waals surface area contributed by atoms with E-state index < -0.39 is 5.41 Å². The second-order valence-corrected chi connectivity index (χ2v) is 7.91. The molecule has 0 radical (unpaired) electrons. The SMILES string of the molecule is O=C(c1cnc2c(c1)CCCC2)N1CC[C@@]2(CCCN(CCO)C2=O)C1. The van der Waals surface area contributed by atoms with E-state index >= 15 is 0 Å². The van der Waals surface area contributed by atoms with Gasteiger partial charge in [-0.25, -0.2) is 0 Å². The van der Waals surface area contributed by atoms with Crippen molar-refractivity contribution >= 4 is 11.8 Å². The number of aliphatic hydroxyl groups excluding tert-OH is 1. The first-order valence-corrected chi connectivity index (χ1v) is 9.80. The van der Waals surface area contributed by atoms with Gasteiger partial charge in [-0.1, -0.05) is 0 Å². The molecule has 1 atom stereocenters. The number of amides is 2. The van der Waals surface area contributed by atoms with Crippen LogP contribution < -0.4 is 0 Å². The zero-order valence-corrected chi connectivity index (χ0v) is 15.2. The summed E-state index contributed by atoms with van der Waals surface area (Å²) in [4.78, 5) is 34.0. The van der Waals surface area contributed by atoms with Gasteiger partial charge in [0, 0.05) is 38.1 Å². The van der Waals surface area contributed by atoms with Gasteiger partial charge in [0.25, 0.3) is 5.91 Å². The van der Waals surface area contributed by atoms with Crippen molar-refractivity contribution in [2.45, 2.75) is 44.9 Å². The van der Waals surface area contributed by atoms with Crippen molar-refractivity contribution in [3.8, 4) is 0 Å². The summed E-state index contributed by atoms with van der Waals surface area (Å²) in [5.74, 6) is 0.103. The molecule has 2 fully saturated rings. The van der Waals surface area contributed by atoms with Crippen LogP contribution in [-0.2, 0) is 17.6 Å². The number of hydrogen-bond acceptors (Lipinski definition) is 4. The highest BCUT2D eigenvalue weighted by atomic mass is 16.3. The number of pyridine rings is 1. The zero-order valence-electron chi connectivity index (χ0n) is 15.2. The minimum Gasteiger partial charge on any atom is -0.395 e. The Hall–Kier alpha value is -1.95.